The van der Waals surface area contributed by atoms with Gasteiger partial charge in [-0.1, -0.05) is 6.58 Å². The van der Waals surface area contributed by atoms with Crippen LogP contribution in [0.2, 0.25) is 0 Å². The van der Waals surface area contributed by atoms with Gasteiger partial charge in [-0.2, -0.15) is 0 Å². The molecule has 0 atom stereocenters. The number of carbonyl (C=O) groups excluding carboxylic acids is 1. The fourth-order valence-electron chi connectivity index (χ4n) is 1.03. The van der Waals surface area contributed by atoms with Gasteiger partial charge in [0.1, 0.15) is 0 Å². The van der Waals surface area contributed by atoms with Crippen molar-refractivity contribution in [1.29, 1.82) is 0 Å². The zero-order valence-electron chi connectivity index (χ0n) is 9.96. The molecule has 0 bridgehead atoms. The molecular weight excluding hydrogens is 258 g/mol. The van der Waals surface area contributed by atoms with Crippen LogP contribution in [-0.2, 0) is 9.53 Å². The molecule has 0 unspecified atom stereocenters. The summed E-state index contributed by atoms with van der Waals surface area (Å²) in [6, 6.07) is 0. The summed E-state index contributed by atoms with van der Waals surface area (Å²) in [5, 5.41) is 0. The Balaban J connectivity index is 0. The van der Waals surface area contributed by atoms with Crippen LogP contribution in [0.25, 0.3) is 0 Å². The van der Waals surface area contributed by atoms with Gasteiger partial charge < -0.3 is 26.2 Å². The van der Waals surface area contributed by atoms with Gasteiger partial charge in [0.15, 0.2) is 0 Å². The Morgan fingerprint density at radius 3 is 2.47 bits per heavy atom. The average Bonchev–Trinajstić information content (AvgIpc) is 2.17. The zero-order valence-corrected chi connectivity index (χ0v) is 11.5. The van der Waals surface area contributed by atoms with Crippen molar-refractivity contribution in [2.45, 2.75) is 19.8 Å². The van der Waals surface area contributed by atoms with Crippen LogP contribution in [-0.4, -0.2) is 44.2 Å². The molecule has 0 saturated carbocycles. The minimum absolute atomic E-state index is 0. The monoisotopic (exact) mass is 279 g/mol. The lowest BCUT2D eigenvalue weighted by Crippen LogP contribution is -3.00. The number of esters is 1. The molecule has 90 valence electrons. The van der Waals surface area contributed by atoms with Gasteiger partial charge in [0.25, 0.3) is 0 Å². The maximum Gasteiger partial charge on any atom is 0.330 e. The molecule has 0 rings (SSSR count). The molecule has 0 heterocycles. The first-order chi connectivity index (χ1) is 6.52. The van der Waals surface area contributed by atoms with E-state index in [1.807, 2.05) is 0 Å². The number of quaternary nitrogens is 1. The van der Waals surface area contributed by atoms with Gasteiger partial charge in [0.05, 0.1) is 33.8 Å². The van der Waals surface area contributed by atoms with Crippen molar-refractivity contribution >= 4 is 5.97 Å². The summed E-state index contributed by atoms with van der Waals surface area (Å²) in [7, 11) is 4.41. The van der Waals surface area contributed by atoms with Gasteiger partial charge >= 0.3 is 5.97 Å². The molecule has 0 aromatic carbocycles. The van der Waals surface area contributed by atoms with Crippen LogP contribution in [0.4, 0.5) is 0 Å². The Morgan fingerprint density at radius 2 is 2.00 bits per heavy atom. The number of nitrogens with zero attached hydrogens (tertiary/aromatic N) is 1. The van der Waals surface area contributed by atoms with Crippen LogP contribution in [0.15, 0.2) is 12.7 Å². The third kappa shape index (κ3) is 9.94. The Bertz CT molecular complexity index is 193. The van der Waals surface area contributed by atoms with Gasteiger partial charge in [-0.15, -0.1) is 0 Å². The minimum atomic E-state index is -0.325. The summed E-state index contributed by atoms with van der Waals surface area (Å²) < 4.78 is 5.90. The first-order valence-electron chi connectivity index (χ1n) is 5.13. The molecule has 0 aliphatic heterocycles. The quantitative estimate of drug-likeness (QED) is 0.248. The predicted molar refractivity (Wildman–Crippen MR) is 57.9 cm³/mol. The molecule has 0 spiro atoms. The topological polar surface area (TPSA) is 26.3 Å². The second-order valence-electron chi connectivity index (χ2n) is 4.05. The molecule has 0 fully saturated rings. The maximum absolute atomic E-state index is 10.7. The summed E-state index contributed by atoms with van der Waals surface area (Å²) in [6.07, 6.45) is 3.22. The molecule has 0 radical (unpaired) electrons. The Hall–Kier alpha value is -0.350. The number of halogens is 1. The first kappa shape index (κ1) is 17.1. The highest BCUT2D eigenvalue weighted by atomic mass is 79.9. The lowest BCUT2D eigenvalue weighted by atomic mass is 10.3. The van der Waals surface area contributed by atoms with Crippen molar-refractivity contribution in [3.63, 3.8) is 0 Å². The van der Waals surface area contributed by atoms with Gasteiger partial charge in [-0.25, -0.2) is 4.79 Å². The van der Waals surface area contributed by atoms with Gasteiger partial charge in [-0.05, 0) is 19.8 Å². The van der Waals surface area contributed by atoms with E-state index in [1.165, 1.54) is 6.08 Å². The van der Waals surface area contributed by atoms with Crippen molar-refractivity contribution in [2.75, 3.05) is 33.8 Å². The molecule has 0 aliphatic rings. The Labute approximate surface area is 103 Å². The number of rotatable bonds is 7. The highest BCUT2D eigenvalue weighted by Crippen LogP contribution is 2.01. The van der Waals surface area contributed by atoms with E-state index in [4.69, 9.17) is 4.74 Å². The summed E-state index contributed by atoms with van der Waals surface area (Å²) >= 11 is 0. The van der Waals surface area contributed by atoms with Crippen LogP contribution in [0.5, 0.6) is 0 Å². The third-order valence-electron chi connectivity index (χ3n) is 2.42. The standard InChI is InChI=1S/C11H22NO2.BrH/c1-5-11(13)14-10-8-7-9-12(3,4)6-2;/h5H,1,6-10H2,2-4H3;1H/q+1;/p-1. The lowest BCUT2D eigenvalue weighted by molar-refractivity contribution is -0.888. The third-order valence-corrected chi connectivity index (χ3v) is 2.42. The number of unbranched alkanes of at least 4 members (excludes halogenated alkanes) is 1. The molecule has 0 aromatic heterocycles. The van der Waals surface area contributed by atoms with Crippen LogP contribution >= 0.6 is 0 Å². The summed E-state index contributed by atoms with van der Waals surface area (Å²) in [5.41, 5.74) is 0. The molecule has 0 aromatic rings. The number of hydrogen-bond donors (Lipinski definition) is 0. The molecule has 0 amide bonds. The number of hydrogen-bond acceptors (Lipinski definition) is 2. The Kier molecular flexibility index (Phi) is 10.1. The second kappa shape index (κ2) is 8.92. The summed E-state index contributed by atoms with van der Waals surface area (Å²) in [6.45, 7) is 8.28. The van der Waals surface area contributed by atoms with Crippen LogP contribution in [0.1, 0.15) is 19.8 Å². The fourth-order valence-corrected chi connectivity index (χ4v) is 1.03. The summed E-state index contributed by atoms with van der Waals surface area (Å²) in [4.78, 5) is 10.7. The van der Waals surface area contributed by atoms with E-state index >= 15 is 0 Å². The minimum Gasteiger partial charge on any atom is -1.00 e. The first-order valence-corrected chi connectivity index (χ1v) is 5.13. The van der Waals surface area contributed by atoms with Gasteiger partial charge in [-0.3, -0.25) is 0 Å². The lowest BCUT2D eigenvalue weighted by Gasteiger charge is -2.27. The van der Waals surface area contributed by atoms with Crippen LogP contribution < -0.4 is 17.0 Å². The normalized spacial score (nSPS) is 10.3. The van der Waals surface area contributed by atoms with E-state index in [2.05, 4.69) is 27.6 Å². The largest absolute Gasteiger partial charge is 1.00 e. The summed E-state index contributed by atoms with van der Waals surface area (Å²) in [5.74, 6) is -0.325. The molecular formula is C11H22BrNO2. The van der Waals surface area contributed by atoms with E-state index < -0.39 is 0 Å². The molecule has 0 aliphatic carbocycles. The second-order valence-corrected chi connectivity index (χ2v) is 4.05. The predicted octanol–water partition coefficient (Wildman–Crippen LogP) is -1.40. The maximum atomic E-state index is 10.7. The van der Waals surface area contributed by atoms with Crippen LogP contribution in [0, 0.1) is 0 Å². The number of carbonyl (C=O) groups is 1. The van der Waals surface area contributed by atoms with Crippen molar-refractivity contribution < 1.29 is 31.0 Å². The van der Waals surface area contributed by atoms with Crippen molar-refractivity contribution in [2.24, 2.45) is 0 Å². The average molecular weight is 280 g/mol. The SMILES string of the molecule is C=CC(=O)OCCCC[N+](C)(C)CC.[Br-]. The molecule has 15 heavy (non-hydrogen) atoms. The highest BCUT2D eigenvalue weighted by Gasteiger charge is 2.10. The number of ether oxygens (including phenoxy) is 1. The Morgan fingerprint density at radius 1 is 1.40 bits per heavy atom. The van der Waals surface area contributed by atoms with E-state index in [-0.39, 0.29) is 23.0 Å². The molecule has 0 saturated heterocycles. The van der Waals surface area contributed by atoms with Gasteiger partial charge in [0, 0.05) is 6.08 Å². The highest BCUT2D eigenvalue weighted by molar-refractivity contribution is 5.81. The molecule has 4 heteroatoms. The molecule has 0 N–H and O–H groups in total. The van der Waals surface area contributed by atoms with Crippen molar-refractivity contribution in [1.82, 2.24) is 0 Å². The van der Waals surface area contributed by atoms with Crippen molar-refractivity contribution in [3.8, 4) is 0 Å². The van der Waals surface area contributed by atoms with Crippen LogP contribution in [0.3, 0.4) is 0 Å². The zero-order chi connectivity index (χ0) is 11.0. The fraction of sp³-hybridized carbons (Fsp3) is 0.727. The van der Waals surface area contributed by atoms with Gasteiger partial charge in [0.2, 0.25) is 0 Å². The van der Waals surface area contributed by atoms with E-state index in [0.29, 0.717) is 6.61 Å². The smallest absolute Gasteiger partial charge is 0.330 e. The van der Waals surface area contributed by atoms with E-state index in [0.717, 1.165) is 30.4 Å². The van der Waals surface area contributed by atoms with E-state index in [9.17, 15) is 4.79 Å². The van der Waals surface area contributed by atoms with Crippen molar-refractivity contribution in [3.05, 3.63) is 12.7 Å². The van der Waals surface area contributed by atoms with E-state index in [1.54, 1.807) is 0 Å². The molecule has 3 nitrogen and oxygen atoms in total.